The van der Waals surface area contributed by atoms with Gasteiger partial charge in [0.05, 0.1) is 11.4 Å². The van der Waals surface area contributed by atoms with Crippen molar-refractivity contribution in [1.82, 2.24) is 4.72 Å². The molecule has 0 heterocycles. The van der Waals surface area contributed by atoms with Gasteiger partial charge in [0.25, 0.3) is 0 Å². The summed E-state index contributed by atoms with van der Waals surface area (Å²) in [7, 11) is -3.89. The average Bonchev–Trinajstić information content (AvgIpc) is 2.60. The van der Waals surface area contributed by atoms with Gasteiger partial charge in [0.2, 0.25) is 15.9 Å². The third kappa shape index (κ3) is 5.37. The Bertz CT molecular complexity index is 881. The smallest absolute Gasteiger partial charge is 0.241 e. The summed E-state index contributed by atoms with van der Waals surface area (Å²) < 4.78 is 39.7. The van der Waals surface area contributed by atoms with Crippen LogP contribution in [-0.4, -0.2) is 20.9 Å². The Morgan fingerprint density at radius 2 is 1.48 bits per heavy atom. The number of halogens is 1. The van der Waals surface area contributed by atoms with Gasteiger partial charge < -0.3 is 5.32 Å². The van der Waals surface area contributed by atoms with Gasteiger partial charge in [-0.2, -0.15) is 0 Å². The van der Waals surface area contributed by atoms with Crippen LogP contribution in [0.15, 0.2) is 47.4 Å². The normalized spacial score (nSPS) is 11.8. The highest BCUT2D eigenvalue weighted by molar-refractivity contribution is 7.89. The number of para-hydroxylation sites is 1. The highest BCUT2D eigenvalue weighted by Gasteiger charge is 2.19. The molecule has 0 saturated heterocycles. The molecule has 2 aromatic rings. The van der Waals surface area contributed by atoms with Crippen molar-refractivity contribution < 1.29 is 17.6 Å². The maximum absolute atomic E-state index is 13.0. The van der Waals surface area contributed by atoms with Gasteiger partial charge in [0.15, 0.2) is 0 Å². The van der Waals surface area contributed by atoms with Gasteiger partial charge >= 0.3 is 0 Å². The zero-order valence-corrected chi connectivity index (χ0v) is 16.7. The van der Waals surface area contributed by atoms with Crippen LogP contribution in [0.4, 0.5) is 10.1 Å². The number of hydrogen-bond acceptors (Lipinski definition) is 3. The molecule has 0 fully saturated rings. The molecule has 0 aliphatic heterocycles. The van der Waals surface area contributed by atoms with E-state index < -0.39 is 28.3 Å². The summed E-state index contributed by atoms with van der Waals surface area (Å²) in [6, 6.07) is 10.3. The highest BCUT2D eigenvalue weighted by Crippen LogP contribution is 2.32. The molecular formula is C20H25FN2O3S. The van der Waals surface area contributed by atoms with Gasteiger partial charge in [-0.15, -0.1) is 0 Å². The molecule has 2 aromatic carbocycles. The minimum Gasteiger partial charge on any atom is -0.324 e. The maximum atomic E-state index is 13.0. The molecule has 0 bridgehead atoms. The largest absolute Gasteiger partial charge is 0.324 e. The number of carbonyl (C=O) groups excluding carboxylic acids is 1. The van der Waals surface area contributed by atoms with Gasteiger partial charge in [-0.3, -0.25) is 4.79 Å². The molecule has 0 saturated carbocycles. The monoisotopic (exact) mass is 392 g/mol. The molecular weight excluding hydrogens is 367 g/mol. The zero-order valence-electron chi connectivity index (χ0n) is 15.9. The molecule has 0 aliphatic carbocycles. The lowest BCUT2D eigenvalue weighted by Crippen LogP contribution is -2.33. The van der Waals surface area contributed by atoms with Gasteiger partial charge in [-0.05, 0) is 47.2 Å². The molecule has 27 heavy (non-hydrogen) atoms. The molecule has 0 radical (unpaired) electrons. The van der Waals surface area contributed by atoms with Gasteiger partial charge in [0.1, 0.15) is 5.82 Å². The number of carbonyl (C=O) groups is 1. The molecule has 0 spiro atoms. The van der Waals surface area contributed by atoms with Crippen LogP contribution < -0.4 is 10.0 Å². The first kappa shape index (κ1) is 21.1. The summed E-state index contributed by atoms with van der Waals surface area (Å²) >= 11 is 0. The average molecular weight is 392 g/mol. The number of amides is 1. The van der Waals surface area contributed by atoms with Crippen LogP contribution in [0.3, 0.4) is 0 Å². The van der Waals surface area contributed by atoms with E-state index in [1.165, 1.54) is 0 Å². The van der Waals surface area contributed by atoms with Crippen LogP contribution in [0.25, 0.3) is 0 Å². The van der Waals surface area contributed by atoms with Crippen molar-refractivity contribution in [3.63, 3.8) is 0 Å². The van der Waals surface area contributed by atoms with Crippen LogP contribution in [-0.2, 0) is 14.8 Å². The minimum atomic E-state index is -3.89. The van der Waals surface area contributed by atoms with Gasteiger partial charge in [-0.1, -0.05) is 45.9 Å². The molecule has 2 rings (SSSR count). The third-order valence-electron chi connectivity index (χ3n) is 4.18. The molecule has 1 amide bonds. The Kier molecular flexibility index (Phi) is 6.73. The Morgan fingerprint density at radius 3 is 1.96 bits per heavy atom. The molecule has 0 atom stereocenters. The molecule has 2 N–H and O–H groups in total. The Labute approximate surface area is 160 Å². The zero-order chi connectivity index (χ0) is 20.2. The van der Waals surface area contributed by atoms with E-state index in [1.54, 1.807) is 0 Å². The fraction of sp³-hybridized carbons (Fsp3) is 0.350. The number of anilines is 1. The van der Waals surface area contributed by atoms with E-state index in [9.17, 15) is 17.6 Å². The van der Waals surface area contributed by atoms with Crippen molar-refractivity contribution in [2.75, 3.05) is 11.9 Å². The van der Waals surface area contributed by atoms with Crippen molar-refractivity contribution in [3.05, 3.63) is 59.4 Å². The van der Waals surface area contributed by atoms with Crippen molar-refractivity contribution in [1.29, 1.82) is 0 Å². The van der Waals surface area contributed by atoms with E-state index in [2.05, 4.69) is 10.0 Å². The first-order valence-electron chi connectivity index (χ1n) is 8.79. The van der Waals surface area contributed by atoms with E-state index in [4.69, 9.17) is 0 Å². The second-order valence-corrected chi connectivity index (χ2v) is 8.71. The van der Waals surface area contributed by atoms with E-state index in [0.717, 1.165) is 41.1 Å². The second-order valence-electron chi connectivity index (χ2n) is 6.95. The molecule has 0 aromatic heterocycles. The van der Waals surface area contributed by atoms with E-state index in [1.807, 2.05) is 45.9 Å². The number of sulfonamides is 1. The number of benzene rings is 2. The summed E-state index contributed by atoms with van der Waals surface area (Å²) in [5.41, 5.74) is 2.72. The maximum Gasteiger partial charge on any atom is 0.241 e. The summed E-state index contributed by atoms with van der Waals surface area (Å²) in [5.74, 6) is -0.585. The van der Waals surface area contributed by atoms with Crippen LogP contribution in [0.5, 0.6) is 0 Å². The molecule has 5 nitrogen and oxygen atoms in total. The number of rotatable bonds is 7. The number of nitrogens with one attached hydrogen (secondary N) is 2. The Balaban J connectivity index is 2.15. The second kappa shape index (κ2) is 8.63. The third-order valence-corrected chi connectivity index (χ3v) is 5.60. The fourth-order valence-corrected chi connectivity index (χ4v) is 3.72. The lowest BCUT2D eigenvalue weighted by Gasteiger charge is -2.20. The van der Waals surface area contributed by atoms with Crippen molar-refractivity contribution in [2.45, 2.75) is 44.4 Å². The van der Waals surface area contributed by atoms with Crippen molar-refractivity contribution >= 4 is 21.6 Å². The Hall–Kier alpha value is -2.25. The molecule has 0 aliphatic rings. The summed E-state index contributed by atoms with van der Waals surface area (Å²) in [5, 5.41) is 2.85. The lowest BCUT2D eigenvalue weighted by atomic mass is 9.92. The SMILES string of the molecule is CC(C)c1cccc(C(C)C)c1NC(=O)CNS(=O)(=O)c1ccc(F)cc1. The van der Waals surface area contributed by atoms with Gasteiger partial charge in [-0.25, -0.2) is 17.5 Å². The standard InChI is InChI=1S/C20H25FN2O3S/c1-13(2)17-6-5-7-18(14(3)4)20(17)23-19(24)12-22-27(25,26)16-10-8-15(21)9-11-16/h5-11,13-14,22H,12H2,1-4H3,(H,23,24). The van der Waals surface area contributed by atoms with Gasteiger partial charge in [0, 0.05) is 5.69 Å². The first-order valence-corrected chi connectivity index (χ1v) is 10.3. The summed E-state index contributed by atoms with van der Waals surface area (Å²) in [6.07, 6.45) is 0. The molecule has 0 unspecified atom stereocenters. The minimum absolute atomic E-state index is 0.0952. The molecule has 146 valence electrons. The highest BCUT2D eigenvalue weighted by atomic mass is 32.2. The van der Waals surface area contributed by atoms with E-state index in [-0.39, 0.29) is 16.7 Å². The summed E-state index contributed by atoms with van der Waals surface area (Å²) in [4.78, 5) is 12.3. The van der Waals surface area contributed by atoms with Crippen molar-refractivity contribution in [2.24, 2.45) is 0 Å². The van der Waals surface area contributed by atoms with Crippen LogP contribution in [0.1, 0.15) is 50.7 Å². The van der Waals surface area contributed by atoms with Crippen LogP contribution in [0, 0.1) is 5.82 Å². The first-order chi connectivity index (χ1) is 12.6. The Morgan fingerprint density at radius 1 is 0.963 bits per heavy atom. The van der Waals surface area contributed by atoms with Crippen LogP contribution in [0.2, 0.25) is 0 Å². The fourth-order valence-electron chi connectivity index (χ4n) is 2.74. The lowest BCUT2D eigenvalue weighted by molar-refractivity contribution is -0.115. The van der Waals surface area contributed by atoms with Crippen LogP contribution >= 0.6 is 0 Å². The van der Waals surface area contributed by atoms with Crippen molar-refractivity contribution in [3.8, 4) is 0 Å². The van der Waals surface area contributed by atoms with E-state index in [0.29, 0.717) is 0 Å². The quantitative estimate of drug-likeness (QED) is 0.748. The van der Waals surface area contributed by atoms with E-state index >= 15 is 0 Å². The predicted octanol–water partition coefficient (Wildman–Crippen LogP) is 3.99. The molecule has 7 heteroatoms. The number of hydrogen-bond donors (Lipinski definition) is 2. The topological polar surface area (TPSA) is 75.3 Å². The summed E-state index contributed by atoms with van der Waals surface area (Å²) in [6.45, 7) is 7.72. The predicted molar refractivity (Wildman–Crippen MR) is 105 cm³/mol.